The highest BCUT2D eigenvalue weighted by Crippen LogP contribution is 2.28. The van der Waals surface area contributed by atoms with E-state index in [1.54, 1.807) is 12.1 Å². The van der Waals surface area contributed by atoms with Crippen molar-refractivity contribution in [2.24, 2.45) is 5.92 Å². The number of carbonyl (C=O) groups excluding carboxylic acids is 1. The van der Waals surface area contributed by atoms with Gasteiger partial charge in [-0.15, -0.1) is 0 Å². The number of hydrogen-bond donors (Lipinski definition) is 2. The van der Waals surface area contributed by atoms with E-state index in [0.29, 0.717) is 13.1 Å². The molecule has 3 N–H and O–H groups in total. The van der Waals surface area contributed by atoms with E-state index in [0.717, 1.165) is 18.5 Å². The minimum atomic E-state index is -0.185. The molecular formula is C14H17N3O3. The smallest absolute Gasteiger partial charge is 0.310 e. The Kier molecular flexibility index (Phi) is 4.11. The first-order chi connectivity index (χ1) is 9.55. The average molecular weight is 275 g/mol. The predicted molar refractivity (Wildman–Crippen MR) is 72.6 cm³/mol. The molecule has 0 spiro atoms. The van der Waals surface area contributed by atoms with E-state index in [9.17, 15) is 9.90 Å². The molecule has 0 saturated carbocycles. The van der Waals surface area contributed by atoms with Gasteiger partial charge >= 0.3 is 5.97 Å². The Balaban J connectivity index is 2.07. The number of likely N-dealkylation sites (tertiary alicyclic amines) is 1. The van der Waals surface area contributed by atoms with Gasteiger partial charge in [0.1, 0.15) is 6.07 Å². The van der Waals surface area contributed by atoms with Crippen molar-refractivity contribution in [1.29, 1.82) is 5.26 Å². The molecule has 0 aliphatic carbocycles. The van der Waals surface area contributed by atoms with Crippen LogP contribution in [-0.2, 0) is 16.1 Å². The number of aromatic hydroxyl groups is 1. The SMILES string of the molecule is COC(=O)[C@H]1CCN(Cc2cc(N)c(O)c(C#N)c2)C1. The van der Waals surface area contributed by atoms with E-state index in [2.05, 4.69) is 4.90 Å². The van der Waals surface area contributed by atoms with Crippen LogP contribution in [-0.4, -0.2) is 36.2 Å². The molecule has 1 saturated heterocycles. The molecule has 1 fully saturated rings. The molecule has 0 amide bonds. The number of nitriles is 1. The zero-order valence-corrected chi connectivity index (χ0v) is 11.3. The zero-order chi connectivity index (χ0) is 14.7. The molecule has 2 rings (SSSR count). The normalized spacial score (nSPS) is 18.7. The molecule has 1 aliphatic heterocycles. The van der Waals surface area contributed by atoms with Crippen LogP contribution < -0.4 is 5.73 Å². The summed E-state index contributed by atoms with van der Waals surface area (Å²) >= 11 is 0. The Morgan fingerprint density at radius 2 is 2.40 bits per heavy atom. The lowest BCUT2D eigenvalue weighted by Gasteiger charge is -2.16. The van der Waals surface area contributed by atoms with Gasteiger partial charge in [0.15, 0.2) is 5.75 Å². The fourth-order valence-corrected chi connectivity index (χ4v) is 2.49. The summed E-state index contributed by atoms with van der Waals surface area (Å²) in [6, 6.07) is 5.19. The molecule has 0 radical (unpaired) electrons. The van der Waals surface area contributed by atoms with E-state index in [-0.39, 0.29) is 28.9 Å². The van der Waals surface area contributed by atoms with E-state index >= 15 is 0 Å². The van der Waals surface area contributed by atoms with Crippen molar-refractivity contribution >= 4 is 11.7 Å². The summed E-state index contributed by atoms with van der Waals surface area (Å²) in [6.45, 7) is 2.02. The number of nitrogen functional groups attached to an aromatic ring is 1. The summed E-state index contributed by atoms with van der Waals surface area (Å²) in [4.78, 5) is 13.6. The van der Waals surface area contributed by atoms with E-state index in [1.165, 1.54) is 7.11 Å². The summed E-state index contributed by atoms with van der Waals surface area (Å²) < 4.78 is 4.74. The van der Waals surface area contributed by atoms with Crippen LogP contribution >= 0.6 is 0 Å². The number of esters is 1. The number of anilines is 1. The lowest BCUT2D eigenvalue weighted by atomic mass is 10.1. The topological polar surface area (TPSA) is 99.6 Å². The maximum absolute atomic E-state index is 11.5. The number of methoxy groups -OCH3 is 1. The van der Waals surface area contributed by atoms with Gasteiger partial charge in [0.25, 0.3) is 0 Å². The summed E-state index contributed by atoms with van der Waals surface area (Å²) in [5.74, 6) is -0.453. The van der Waals surface area contributed by atoms with Crippen molar-refractivity contribution in [2.45, 2.75) is 13.0 Å². The van der Waals surface area contributed by atoms with Crippen LogP contribution in [0.2, 0.25) is 0 Å². The van der Waals surface area contributed by atoms with Crippen molar-refractivity contribution in [1.82, 2.24) is 4.90 Å². The lowest BCUT2D eigenvalue weighted by Crippen LogP contribution is -2.23. The molecule has 6 heteroatoms. The largest absolute Gasteiger partial charge is 0.504 e. The second-order valence-corrected chi connectivity index (χ2v) is 4.94. The van der Waals surface area contributed by atoms with Crippen molar-refractivity contribution in [3.8, 4) is 11.8 Å². The first-order valence-electron chi connectivity index (χ1n) is 6.36. The molecule has 6 nitrogen and oxygen atoms in total. The second kappa shape index (κ2) is 5.80. The van der Waals surface area contributed by atoms with Gasteiger partial charge in [0, 0.05) is 13.1 Å². The fourth-order valence-electron chi connectivity index (χ4n) is 2.49. The molecule has 0 bridgehead atoms. The summed E-state index contributed by atoms with van der Waals surface area (Å²) in [6.07, 6.45) is 0.769. The third kappa shape index (κ3) is 2.83. The van der Waals surface area contributed by atoms with Crippen LogP contribution in [0.3, 0.4) is 0 Å². The van der Waals surface area contributed by atoms with Crippen molar-refractivity contribution < 1.29 is 14.6 Å². The monoisotopic (exact) mass is 275 g/mol. The second-order valence-electron chi connectivity index (χ2n) is 4.94. The number of phenols is 1. The summed E-state index contributed by atoms with van der Waals surface area (Å²) in [7, 11) is 1.39. The molecule has 1 atom stereocenters. The Bertz CT molecular complexity index is 566. The molecule has 1 aromatic rings. The number of benzene rings is 1. The van der Waals surface area contributed by atoms with Crippen LogP contribution in [0.4, 0.5) is 5.69 Å². The van der Waals surface area contributed by atoms with E-state index < -0.39 is 0 Å². The molecule has 1 aliphatic rings. The number of phenolic OH excluding ortho intramolecular Hbond substituents is 1. The number of nitrogens with zero attached hydrogens (tertiary/aromatic N) is 2. The van der Waals surface area contributed by atoms with Gasteiger partial charge in [-0.25, -0.2) is 0 Å². The van der Waals surface area contributed by atoms with Crippen LogP contribution in [0.25, 0.3) is 0 Å². The fraction of sp³-hybridized carbons (Fsp3) is 0.429. The van der Waals surface area contributed by atoms with Gasteiger partial charge in [-0.3, -0.25) is 9.69 Å². The minimum Gasteiger partial charge on any atom is -0.504 e. The van der Waals surface area contributed by atoms with Gasteiger partial charge in [-0.05, 0) is 30.7 Å². The van der Waals surface area contributed by atoms with Crippen LogP contribution in [0.5, 0.6) is 5.75 Å². The summed E-state index contributed by atoms with van der Waals surface area (Å²) in [5.41, 5.74) is 6.89. The highest BCUT2D eigenvalue weighted by atomic mass is 16.5. The molecule has 0 aromatic heterocycles. The van der Waals surface area contributed by atoms with Crippen molar-refractivity contribution in [3.63, 3.8) is 0 Å². The Hall–Kier alpha value is -2.26. The molecule has 1 aromatic carbocycles. The van der Waals surface area contributed by atoms with Crippen LogP contribution in [0.1, 0.15) is 17.5 Å². The number of nitrogens with two attached hydrogens (primary N) is 1. The number of rotatable bonds is 3. The van der Waals surface area contributed by atoms with E-state index in [1.807, 2.05) is 6.07 Å². The zero-order valence-electron chi connectivity index (χ0n) is 11.3. The highest BCUT2D eigenvalue weighted by molar-refractivity contribution is 5.72. The number of carbonyl (C=O) groups is 1. The van der Waals surface area contributed by atoms with Gasteiger partial charge in [0.2, 0.25) is 0 Å². The third-order valence-corrected chi connectivity index (χ3v) is 3.53. The Morgan fingerprint density at radius 3 is 3.05 bits per heavy atom. The summed E-state index contributed by atoms with van der Waals surface area (Å²) in [5, 5.41) is 18.5. The molecule has 20 heavy (non-hydrogen) atoms. The maximum atomic E-state index is 11.5. The quantitative estimate of drug-likeness (QED) is 0.482. The standard InChI is InChI=1S/C14H17N3O3/c1-20-14(19)10-2-3-17(8-10)7-9-4-11(6-15)13(18)12(16)5-9/h4-5,10,18H,2-3,7-8,16H2,1H3/t10-/m0/s1. The average Bonchev–Trinajstić information content (AvgIpc) is 2.90. The lowest BCUT2D eigenvalue weighted by molar-refractivity contribution is -0.144. The van der Waals surface area contributed by atoms with Gasteiger partial charge in [-0.2, -0.15) is 5.26 Å². The van der Waals surface area contributed by atoms with Crippen molar-refractivity contribution in [2.75, 3.05) is 25.9 Å². The van der Waals surface area contributed by atoms with Gasteiger partial charge < -0.3 is 15.6 Å². The molecule has 0 unspecified atom stereocenters. The molecule has 106 valence electrons. The van der Waals surface area contributed by atoms with Crippen molar-refractivity contribution in [3.05, 3.63) is 23.3 Å². The molecular weight excluding hydrogens is 258 g/mol. The Labute approximate surface area is 117 Å². The number of hydrogen-bond acceptors (Lipinski definition) is 6. The van der Waals surface area contributed by atoms with Crippen LogP contribution in [0.15, 0.2) is 12.1 Å². The minimum absolute atomic E-state index is 0.0927. The highest BCUT2D eigenvalue weighted by Gasteiger charge is 2.29. The molecule has 1 heterocycles. The first kappa shape index (κ1) is 14.2. The van der Waals surface area contributed by atoms with E-state index in [4.69, 9.17) is 15.7 Å². The van der Waals surface area contributed by atoms with Gasteiger partial charge in [-0.1, -0.05) is 0 Å². The maximum Gasteiger partial charge on any atom is 0.310 e. The third-order valence-electron chi connectivity index (χ3n) is 3.53. The van der Waals surface area contributed by atoms with Crippen LogP contribution in [0, 0.1) is 17.2 Å². The predicted octanol–water partition coefficient (Wildman–Crippen LogP) is 0.841. The first-order valence-corrected chi connectivity index (χ1v) is 6.36. The number of ether oxygens (including phenoxy) is 1. The Morgan fingerprint density at radius 1 is 1.65 bits per heavy atom. The van der Waals surface area contributed by atoms with Gasteiger partial charge in [0.05, 0.1) is 24.3 Å².